The molecule has 0 aliphatic rings. The maximum absolute atomic E-state index is 8.63. The van der Waals surface area contributed by atoms with Gasteiger partial charge in [-0.25, -0.2) is 0 Å². The van der Waals surface area contributed by atoms with Gasteiger partial charge in [-0.2, -0.15) is 0 Å². The summed E-state index contributed by atoms with van der Waals surface area (Å²) in [6.07, 6.45) is 0. The van der Waals surface area contributed by atoms with E-state index in [0.29, 0.717) is 13.2 Å². The molecule has 0 aliphatic carbocycles. The molecule has 0 amide bonds. The van der Waals surface area contributed by atoms with Gasteiger partial charge in [-0.3, -0.25) is 0 Å². The van der Waals surface area contributed by atoms with E-state index in [0.717, 1.165) is 25.4 Å². The molecule has 1 aromatic rings. The van der Waals surface area contributed by atoms with E-state index in [1.807, 2.05) is 24.3 Å². The van der Waals surface area contributed by atoms with Gasteiger partial charge in [0.25, 0.3) is 0 Å². The molecule has 0 radical (unpaired) electrons. The summed E-state index contributed by atoms with van der Waals surface area (Å²) in [5.41, 5.74) is 1.19. The molecule has 0 spiro atoms. The lowest BCUT2D eigenvalue weighted by Gasteiger charge is -2.07. The minimum Gasteiger partial charge on any atom is -0.491 e. The van der Waals surface area contributed by atoms with E-state index in [1.54, 1.807) is 0 Å². The molecule has 1 rings (SSSR count). The first-order valence-corrected chi connectivity index (χ1v) is 6.21. The fourth-order valence-corrected chi connectivity index (χ4v) is 1.48. The fourth-order valence-electron chi connectivity index (χ4n) is 1.48. The maximum Gasteiger partial charge on any atom is 0.119 e. The lowest BCUT2D eigenvalue weighted by atomic mass is 10.2. The topological polar surface area (TPSA) is 73.8 Å². The van der Waals surface area contributed by atoms with Crippen molar-refractivity contribution >= 4 is 24.8 Å². The van der Waals surface area contributed by atoms with E-state index < -0.39 is 0 Å². The van der Waals surface area contributed by atoms with Crippen molar-refractivity contribution in [3.05, 3.63) is 29.8 Å². The second kappa shape index (κ2) is 14.8. The minimum absolute atomic E-state index is 0. The molecular weight excluding hydrogens is 303 g/mol. The minimum atomic E-state index is 0. The molecule has 7 heteroatoms. The van der Waals surface area contributed by atoms with Gasteiger partial charge in [0.15, 0.2) is 0 Å². The molecule has 0 unspecified atom stereocenters. The van der Waals surface area contributed by atoms with Gasteiger partial charge < -0.3 is 25.6 Å². The molecule has 0 saturated heterocycles. The molecular formula is C13H24Cl2N2O3. The Kier molecular flexibility index (Phi) is 16.1. The third-order valence-electron chi connectivity index (χ3n) is 2.38. The van der Waals surface area contributed by atoms with Crippen LogP contribution in [0.3, 0.4) is 0 Å². The lowest BCUT2D eigenvalue weighted by Crippen LogP contribution is -2.28. The molecule has 118 valence electrons. The van der Waals surface area contributed by atoms with Crippen molar-refractivity contribution in [3.8, 4) is 5.75 Å². The number of rotatable bonds is 10. The Bertz CT molecular complexity index is 313. The van der Waals surface area contributed by atoms with Crippen LogP contribution < -0.4 is 15.4 Å². The van der Waals surface area contributed by atoms with E-state index in [1.165, 1.54) is 5.56 Å². The zero-order valence-corrected chi connectivity index (χ0v) is 13.0. The van der Waals surface area contributed by atoms with Crippen molar-refractivity contribution in [2.45, 2.75) is 6.54 Å². The van der Waals surface area contributed by atoms with Crippen LogP contribution in [0.25, 0.3) is 0 Å². The molecule has 4 N–H and O–H groups in total. The Morgan fingerprint density at radius 2 is 1.50 bits per heavy atom. The molecule has 0 fully saturated rings. The fraction of sp³-hybridized carbons (Fsp3) is 0.538. The van der Waals surface area contributed by atoms with Gasteiger partial charge in [-0.1, -0.05) is 12.1 Å². The van der Waals surface area contributed by atoms with Crippen LogP contribution in [0.2, 0.25) is 0 Å². The van der Waals surface area contributed by atoms with E-state index in [4.69, 9.17) is 14.9 Å². The van der Waals surface area contributed by atoms with Gasteiger partial charge in [0.2, 0.25) is 0 Å². The van der Waals surface area contributed by atoms with Crippen LogP contribution in [-0.2, 0) is 6.54 Å². The summed E-state index contributed by atoms with van der Waals surface area (Å²) in [4.78, 5) is 0. The maximum atomic E-state index is 8.63. The average molecular weight is 327 g/mol. The predicted octanol–water partition coefficient (Wildman–Crippen LogP) is 0.573. The number of hydrogen-bond donors (Lipinski definition) is 4. The van der Waals surface area contributed by atoms with Crippen molar-refractivity contribution in [1.29, 1.82) is 0 Å². The number of benzene rings is 1. The van der Waals surface area contributed by atoms with Gasteiger partial charge >= 0.3 is 0 Å². The van der Waals surface area contributed by atoms with Gasteiger partial charge in [0, 0.05) is 26.2 Å². The van der Waals surface area contributed by atoms with Crippen molar-refractivity contribution in [2.24, 2.45) is 0 Å². The normalized spacial score (nSPS) is 9.50. The van der Waals surface area contributed by atoms with Crippen LogP contribution in [0.15, 0.2) is 24.3 Å². The van der Waals surface area contributed by atoms with Crippen LogP contribution in [0.1, 0.15) is 5.56 Å². The average Bonchev–Trinajstić information content (AvgIpc) is 2.42. The van der Waals surface area contributed by atoms with Gasteiger partial charge in [-0.05, 0) is 17.7 Å². The van der Waals surface area contributed by atoms with E-state index >= 15 is 0 Å². The van der Waals surface area contributed by atoms with Crippen LogP contribution in [0.5, 0.6) is 5.75 Å². The molecule has 0 aliphatic heterocycles. The van der Waals surface area contributed by atoms with Crippen molar-refractivity contribution in [3.63, 3.8) is 0 Å². The standard InChI is InChI=1S/C13H22N2O3.2ClH/c16-8-7-14-5-6-15-11-12-1-3-13(4-2-12)18-10-9-17;;/h1-4,14-17H,5-11H2;2*1H. The van der Waals surface area contributed by atoms with Crippen LogP contribution in [0, 0.1) is 0 Å². The van der Waals surface area contributed by atoms with Crippen molar-refractivity contribution in [1.82, 2.24) is 10.6 Å². The Morgan fingerprint density at radius 3 is 2.10 bits per heavy atom. The second-order valence-corrected chi connectivity index (χ2v) is 3.87. The molecule has 0 saturated carbocycles. The first-order valence-electron chi connectivity index (χ1n) is 6.21. The zero-order valence-electron chi connectivity index (χ0n) is 11.4. The molecule has 5 nitrogen and oxygen atoms in total. The third-order valence-corrected chi connectivity index (χ3v) is 2.38. The molecule has 0 bridgehead atoms. The number of hydrogen-bond acceptors (Lipinski definition) is 5. The highest BCUT2D eigenvalue weighted by Crippen LogP contribution is 2.11. The molecule has 20 heavy (non-hydrogen) atoms. The monoisotopic (exact) mass is 326 g/mol. The van der Waals surface area contributed by atoms with Gasteiger partial charge in [0.1, 0.15) is 12.4 Å². The summed E-state index contributed by atoms with van der Waals surface area (Å²) >= 11 is 0. The highest BCUT2D eigenvalue weighted by molar-refractivity contribution is 5.85. The highest BCUT2D eigenvalue weighted by atomic mass is 35.5. The predicted molar refractivity (Wildman–Crippen MR) is 85.2 cm³/mol. The largest absolute Gasteiger partial charge is 0.491 e. The van der Waals surface area contributed by atoms with Gasteiger partial charge in [0.05, 0.1) is 13.2 Å². The summed E-state index contributed by atoms with van der Waals surface area (Å²) in [5, 5.41) is 23.6. The van der Waals surface area contributed by atoms with Crippen molar-refractivity contribution < 1.29 is 14.9 Å². The lowest BCUT2D eigenvalue weighted by molar-refractivity contribution is 0.201. The molecule has 0 atom stereocenters. The van der Waals surface area contributed by atoms with Crippen LogP contribution >= 0.6 is 24.8 Å². The van der Waals surface area contributed by atoms with Crippen LogP contribution in [0.4, 0.5) is 0 Å². The molecule has 0 heterocycles. The highest BCUT2D eigenvalue weighted by Gasteiger charge is 1.95. The van der Waals surface area contributed by atoms with Crippen LogP contribution in [-0.4, -0.2) is 49.7 Å². The van der Waals surface area contributed by atoms with Gasteiger partial charge in [-0.15, -0.1) is 24.8 Å². The third kappa shape index (κ3) is 10.3. The Balaban J connectivity index is 0. The summed E-state index contributed by atoms with van der Waals surface area (Å²) in [5.74, 6) is 0.775. The summed E-state index contributed by atoms with van der Waals surface area (Å²) in [6, 6.07) is 7.80. The number of halogens is 2. The Hall–Kier alpha value is -0.560. The first-order chi connectivity index (χ1) is 8.86. The SMILES string of the molecule is Cl.Cl.OCCNCCNCc1ccc(OCCO)cc1. The summed E-state index contributed by atoms with van der Waals surface area (Å²) in [6.45, 7) is 3.69. The number of nitrogens with one attached hydrogen (secondary N) is 2. The number of aliphatic hydroxyl groups is 2. The van der Waals surface area contributed by atoms with Crippen molar-refractivity contribution in [2.75, 3.05) is 39.5 Å². The number of aliphatic hydroxyl groups excluding tert-OH is 2. The molecule has 1 aromatic carbocycles. The second-order valence-electron chi connectivity index (χ2n) is 3.87. The van der Waals surface area contributed by atoms with E-state index in [-0.39, 0.29) is 38.0 Å². The van der Waals surface area contributed by atoms with E-state index in [9.17, 15) is 0 Å². The van der Waals surface area contributed by atoms with E-state index in [2.05, 4.69) is 10.6 Å². The first kappa shape index (κ1) is 21.7. The number of ether oxygens (including phenoxy) is 1. The molecule has 0 aromatic heterocycles. The zero-order chi connectivity index (χ0) is 13.1. The quantitative estimate of drug-likeness (QED) is 0.473. The summed E-state index contributed by atoms with van der Waals surface area (Å²) in [7, 11) is 0. The Labute approximate surface area is 132 Å². The smallest absolute Gasteiger partial charge is 0.119 e. The Morgan fingerprint density at radius 1 is 0.850 bits per heavy atom. The summed E-state index contributed by atoms with van der Waals surface area (Å²) < 4.78 is 5.28.